The molecule has 26 heavy (non-hydrogen) atoms. The molecule has 2 aromatic rings. The number of hydrogen-bond donors (Lipinski definition) is 2. The highest BCUT2D eigenvalue weighted by Gasteiger charge is 2.33. The lowest BCUT2D eigenvalue weighted by molar-refractivity contribution is 0.157. The second-order valence-corrected chi connectivity index (χ2v) is 8.15. The first kappa shape index (κ1) is 17.8. The zero-order chi connectivity index (χ0) is 18.1. The normalized spacial score (nSPS) is 25.5. The molecule has 2 fully saturated rings. The van der Waals surface area contributed by atoms with Crippen molar-refractivity contribution in [2.45, 2.75) is 51.7 Å². The van der Waals surface area contributed by atoms with Crippen LogP contribution in [0.4, 0.5) is 0 Å². The van der Waals surface area contributed by atoms with Crippen molar-refractivity contribution in [3.63, 3.8) is 0 Å². The molecule has 0 aliphatic carbocycles. The van der Waals surface area contributed by atoms with E-state index in [2.05, 4.69) is 29.6 Å². The van der Waals surface area contributed by atoms with E-state index in [4.69, 9.17) is 4.42 Å². The fourth-order valence-corrected chi connectivity index (χ4v) is 4.40. The fourth-order valence-electron chi connectivity index (χ4n) is 4.40. The van der Waals surface area contributed by atoms with Gasteiger partial charge in [-0.15, -0.1) is 0 Å². The molecule has 1 aromatic heterocycles. The van der Waals surface area contributed by atoms with Crippen molar-refractivity contribution in [3.8, 4) is 0 Å². The zero-order valence-corrected chi connectivity index (χ0v) is 15.8. The van der Waals surface area contributed by atoms with Gasteiger partial charge in [0, 0.05) is 25.2 Å². The van der Waals surface area contributed by atoms with Crippen LogP contribution >= 0.6 is 0 Å². The lowest BCUT2D eigenvalue weighted by Crippen LogP contribution is -2.44. The summed E-state index contributed by atoms with van der Waals surface area (Å²) in [6, 6.07) is 8.86. The highest BCUT2D eigenvalue weighted by molar-refractivity contribution is 5.72. The summed E-state index contributed by atoms with van der Waals surface area (Å²) in [5.41, 5.74) is 8.57. The van der Waals surface area contributed by atoms with E-state index >= 15 is 0 Å². The number of aromatic nitrogens is 1. The highest BCUT2D eigenvalue weighted by atomic mass is 16.4. The third kappa shape index (κ3) is 3.59. The number of nitrogens with one attached hydrogen (secondary N) is 2. The lowest BCUT2D eigenvalue weighted by Gasteiger charge is -2.34. The summed E-state index contributed by atoms with van der Waals surface area (Å²) in [5.74, 6) is 1.18. The topological polar surface area (TPSA) is 62.4 Å². The Hall–Kier alpha value is -1.63. The Bertz CT molecular complexity index is 788. The Balaban J connectivity index is 1.29. The number of rotatable bonds is 5. The van der Waals surface area contributed by atoms with Crippen molar-refractivity contribution in [1.82, 2.24) is 20.3 Å². The van der Waals surface area contributed by atoms with Gasteiger partial charge in [0.05, 0.1) is 5.52 Å². The van der Waals surface area contributed by atoms with Crippen molar-refractivity contribution in [2.75, 3.05) is 19.6 Å². The molecule has 0 saturated carbocycles. The van der Waals surface area contributed by atoms with Crippen molar-refractivity contribution < 1.29 is 4.42 Å². The Labute approximate surface area is 154 Å². The van der Waals surface area contributed by atoms with E-state index in [-0.39, 0.29) is 5.76 Å². The third-order valence-corrected chi connectivity index (χ3v) is 6.18. The molecule has 2 N–H and O–H groups in total. The van der Waals surface area contributed by atoms with Gasteiger partial charge in [-0.05, 0) is 56.3 Å². The number of oxazole rings is 1. The predicted molar refractivity (Wildman–Crippen MR) is 103 cm³/mol. The smallest absolute Gasteiger partial charge is 0.408 e. The molecule has 4 rings (SSSR count). The van der Waals surface area contributed by atoms with Gasteiger partial charge in [-0.1, -0.05) is 26.0 Å². The molecule has 2 aliphatic rings. The van der Waals surface area contributed by atoms with Crippen LogP contribution in [-0.2, 0) is 6.54 Å². The van der Waals surface area contributed by atoms with E-state index in [0.29, 0.717) is 30.1 Å². The first-order valence-electron chi connectivity index (χ1n) is 9.93. The third-order valence-electron chi connectivity index (χ3n) is 6.18. The fraction of sp³-hybridized carbons (Fsp3) is 0.650. The van der Waals surface area contributed by atoms with Crippen molar-refractivity contribution in [1.29, 1.82) is 0 Å². The average Bonchev–Trinajstić information content (AvgIpc) is 3.25. The van der Waals surface area contributed by atoms with Gasteiger partial charge in [-0.3, -0.25) is 15.4 Å². The van der Waals surface area contributed by atoms with Crippen LogP contribution < -0.4 is 16.6 Å². The Morgan fingerprint density at radius 3 is 2.65 bits per heavy atom. The largest absolute Gasteiger partial charge is 0.419 e. The minimum absolute atomic E-state index is 0.248. The quantitative estimate of drug-likeness (QED) is 0.858. The molecule has 142 valence electrons. The van der Waals surface area contributed by atoms with Crippen LogP contribution in [0.5, 0.6) is 0 Å². The van der Waals surface area contributed by atoms with Gasteiger partial charge >= 0.3 is 5.76 Å². The van der Waals surface area contributed by atoms with Crippen LogP contribution in [0, 0.1) is 11.8 Å². The summed E-state index contributed by atoms with van der Waals surface area (Å²) >= 11 is 0. The maximum absolute atomic E-state index is 12.1. The summed E-state index contributed by atoms with van der Waals surface area (Å²) in [7, 11) is 0. The minimum atomic E-state index is -0.248. The second-order valence-electron chi connectivity index (χ2n) is 8.15. The van der Waals surface area contributed by atoms with Gasteiger partial charge in [0.25, 0.3) is 0 Å². The molecule has 2 aliphatic heterocycles. The van der Waals surface area contributed by atoms with Crippen LogP contribution in [0.3, 0.4) is 0 Å². The van der Waals surface area contributed by atoms with Gasteiger partial charge in [-0.25, -0.2) is 4.79 Å². The zero-order valence-electron chi connectivity index (χ0n) is 15.8. The molecule has 0 amide bonds. The first-order chi connectivity index (χ1) is 12.6. The summed E-state index contributed by atoms with van der Waals surface area (Å²) < 4.78 is 7.09. The van der Waals surface area contributed by atoms with E-state index in [0.717, 1.165) is 31.1 Å². The number of hydrazine groups is 1. The molecular formula is C20H30N4O2. The van der Waals surface area contributed by atoms with Crippen LogP contribution in [0.2, 0.25) is 0 Å². The van der Waals surface area contributed by atoms with Crippen LogP contribution in [-0.4, -0.2) is 41.2 Å². The number of likely N-dealkylation sites (tertiary alicyclic amines) is 1. The van der Waals surface area contributed by atoms with E-state index in [9.17, 15) is 4.79 Å². The summed E-state index contributed by atoms with van der Waals surface area (Å²) in [4.78, 5) is 14.6. The molecule has 0 radical (unpaired) electrons. The van der Waals surface area contributed by atoms with Crippen LogP contribution in [0.15, 0.2) is 33.5 Å². The molecule has 1 aromatic carbocycles. The summed E-state index contributed by atoms with van der Waals surface area (Å²) in [5, 5.41) is 0. The monoisotopic (exact) mass is 358 g/mol. The number of benzene rings is 1. The Morgan fingerprint density at radius 2 is 1.92 bits per heavy atom. The number of fused-ring (bicyclic) bond motifs is 1. The highest BCUT2D eigenvalue weighted by Crippen LogP contribution is 2.27. The van der Waals surface area contributed by atoms with Crippen molar-refractivity contribution >= 4 is 11.1 Å². The number of para-hydroxylation sites is 2. The Kier molecular flexibility index (Phi) is 5.16. The van der Waals surface area contributed by atoms with Gasteiger partial charge in [0.2, 0.25) is 0 Å². The molecule has 3 heterocycles. The van der Waals surface area contributed by atoms with E-state index < -0.39 is 0 Å². The maximum Gasteiger partial charge on any atom is 0.419 e. The molecule has 6 heteroatoms. The molecular weight excluding hydrogens is 328 g/mol. The molecule has 0 spiro atoms. The van der Waals surface area contributed by atoms with Gasteiger partial charge < -0.3 is 9.32 Å². The average molecular weight is 358 g/mol. The second kappa shape index (κ2) is 7.55. The van der Waals surface area contributed by atoms with Crippen LogP contribution in [0.25, 0.3) is 11.1 Å². The van der Waals surface area contributed by atoms with E-state index in [1.807, 2.05) is 24.3 Å². The Morgan fingerprint density at radius 1 is 1.15 bits per heavy atom. The number of nitrogens with zero attached hydrogens (tertiary/aromatic N) is 2. The molecule has 0 bridgehead atoms. The van der Waals surface area contributed by atoms with Crippen molar-refractivity contribution in [3.05, 3.63) is 34.8 Å². The first-order valence-corrected chi connectivity index (χ1v) is 9.93. The van der Waals surface area contributed by atoms with Gasteiger partial charge in [-0.2, -0.15) is 0 Å². The standard InChI is InChI=1S/C20H30N4O2/c1-14(2)16-13-17(22-21-16)15-7-9-23(10-8-15)11-12-24-18-5-3-4-6-19(18)26-20(24)25/h3-6,14-17,21-22H,7-13H2,1-2H3. The summed E-state index contributed by atoms with van der Waals surface area (Å²) in [6.07, 6.45) is 3.69. The van der Waals surface area contributed by atoms with Crippen molar-refractivity contribution in [2.24, 2.45) is 11.8 Å². The molecule has 6 nitrogen and oxygen atoms in total. The molecule has 2 atom stereocenters. The molecule has 2 unspecified atom stereocenters. The predicted octanol–water partition coefficient (Wildman–Crippen LogP) is 2.20. The minimum Gasteiger partial charge on any atom is -0.408 e. The van der Waals surface area contributed by atoms with Gasteiger partial charge in [0.1, 0.15) is 0 Å². The number of piperidine rings is 1. The SMILES string of the molecule is CC(C)C1CC(C2CCN(CCn3c(=O)oc4ccccc43)CC2)NN1. The number of hydrogen-bond acceptors (Lipinski definition) is 5. The van der Waals surface area contributed by atoms with Crippen LogP contribution in [0.1, 0.15) is 33.1 Å². The maximum atomic E-state index is 12.1. The van der Waals surface area contributed by atoms with Gasteiger partial charge in [0.15, 0.2) is 5.58 Å². The lowest BCUT2D eigenvalue weighted by atomic mass is 9.86. The molecule has 2 saturated heterocycles. The summed E-state index contributed by atoms with van der Waals surface area (Å²) in [6.45, 7) is 8.39. The van der Waals surface area contributed by atoms with E-state index in [1.165, 1.54) is 19.3 Å². The van der Waals surface area contributed by atoms with E-state index in [1.54, 1.807) is 4.57 Å².